The molecule has 0 N–H and O–H groups in total. The third-order valence-corrected chi connectivity index (χ3v) is 12.3. The molecule has 2 bridgehead atoms. The molecule has 1 aromatic heterocycles. The fourth-order valence-corrected chi connectivity index (χ4v) is 10.5. The van der Waals surface area contributed by atoms with Crippen LogP contribution in [0, 0.1) is 11.8 Å². The molecule has 0 radical (unpaired) electrons. The Morgan fingerprint density at radius 2 is 1.29 bits per heavy atom. The van der Waals surface area contributed by atoms with E-state index in [4.69, 9.17) is 0 Å². The third-order valence-electron chi connectivity index (χ3n) is 11.1. The van der Waals surface area contributed by atoms with Crippen LogP contribution in [0.3, 0.4) is 0 Å². The molecule has 1 spiro atoms. The minimum absolute atomic E-state index is 0.148. The highest BCUT2D eigenvalue weighted by Gasteiger charge is 2.57. The summed E-state index contributed by atoms with van der Waals surface area (Å²) in [6.45, 7) is 0. The van der Waals surface area contributed by atoms with Crippen LogP contribution in [0.25, 0.3) is 42.4 Å². The van der Waals surface area contributed by atoms with Crippen LogP contribution in [0.5, 0.6) is 0 Å². The van der Waals surface area contributed by atoms with E-state index in [1.165, 1.54) is 85.2 Å². The Kier molecular flexibility index (Phi) is 5.51. The monoisotopic (exact) mass is 595 g/mol. The zero-order valence-electron chi connectivity index (χ0n) is 25.1. The summed E-state index contributed by atoms with van der Waals surface area (Å²) in [5.74, 6) is 1.59. The molecule has 6 aromatic carbocycles. The van der Waals surface area contributed by atoms with E-state index in [0.29, 0.717) is 0 Å². The Bertz CT molecular complexity index is 2240. The average molecular weight is 596 g/mol. The van der Waals surface area contributed by atoms with Crippen molar-refractivity contribution >= 4 is 48.6 Å². The van der Waals surface area contributed by atoms with Gasteiger partial charge in [0.15, 0.2) is 0 Å². The van der Waals surface area contributed by atoms with Crippen molar-refractivity contribution in [3.8, 4) is 22.3 Å². The van der Waals surface area contributed by atoms with Gasteiger partial charge in [-0.25, -0.2) is 0 Å². The number of anilines is 3. The van der Waals surface area contributed by atoms with E-state index in [0.717, 1.165) is 11.8 Å². The molecule has 0 amide bonds. The molecular formula is C43H33NS. The highest BCUT2D eigenvalue weighted by molar-refractivity contribution is 7.26. The number of hydrogen-bond donors (Lipinski definition) is 0. The predicted molar refractivity (Wildman–Crippen MR) is 191 cm³/mol. The van der Waals surface area contributed by atoms with Gasteiger partial charge in [-0.1, -0.05) is 110 Å². The smallest absolute Gasteiger partial charge is 0.0555 e. The van der Waals surface area contributed by atoms with Crippen molar-refractivity contribution in [2.45, 2.75) is 31.1 Å². The first kappa shape index (κ1) is 25.6. The van der Waals surface area contributed by atoms with Gasteiger partial charge in [0.05, 0.1) is 11.4 Å². The van der Waals surface area contributed by atoms with Gasteiger partial charge < -0.3 is 4.90 Å². The number of fused-ring (bicyclic) bond motifs is 11. The zero-order valence-corrected chi connectivity index (χ0v) is 25.9. The second-order valence-corrected chi connectivity index (χ2v) is 14.4. The van der Waals surface area contributed by atoms with E-state index in [1.807, 2.05) is 11.3 Å². The lowest BCUT2D eigenvalue weighted by atomic mass is 9.67. The van der Waals surface area contributed by atoms with Gasteiger partial charge in [0.2, 0.25) is 0 Å². The Morgan fingerprint density at radius 1 is 0.578 bits per heavy atom. The lowest BCUT2D eigenvalue weighted by molar-refractivity contribution is 0.327. The summed E-state index contributed by atoms with van der Waals surface area (Å²) in [5.41, 5.74) is 12.4. The Balaban J connectivity index is 1.25. The fraction of sp³-hybridized carbons (Fsp3) is 0.163. The summed E-state index contributed by atoms with van der Waals surface area (Å²) in [5, 5.41) is 2.67. The molecule has 2 saturated carbocycles. The summed E-state index contributed by atoms with van der Waals surface area (Å²) in [4.78, 5) is 2.57. The molecule has 1 nitrogen and oxygen atoms in total. The molecule has 2 heteroatoms. The minimum atomic E-state index is 0.148. The molecule has 7 aromatic rings. The van der Waals surface area contributed by atoms with E-state index in [-0.39, 0.29) is 5.41 Å². The van der Waals surface area contributed by atoms with Crippen molar-refractivity contribution in [1.29, 1.82) is 0 Å². The van der Waals surface area contributed by atoms with E-state index in [1.54, 1.807) is 11.1 Å². The molecule has 3 aliphatic carbocycles. The van der Waals surface area contributed by atoms with Crippen molar-refractivity contribution in [3.05, 3.63) is 151 Å². The first-order chi connectivity index (χ1) is 22.3. The fourth-order valence-electron chi connectivity index (χ4n) is 9.39. The van der Waals surface area contributed by atoms with Crippen molar-refractivity contribution in [2.24, 2.45) is 11.8 Å². The van der Waals surface area contributed by atoms with Crippen molar-refractivity contribution in [2.75, 3.05) is 4.90 Å². The molecule has 3 aliphatic rings. The van der Waals surface area contributed by atoms with Crippen LogP contribution in [0.2, 0.25) is 0 Å². The van der Waals surface area contributed by atoms with Crippen LogP contribution in [0.1, 0.15) is 36.8 Å². The summed E-state index contributed by atoms with van der Waals surface area (Å²) in [6, 6.07) is 52.3. The summed E-state index contributed by atoms with van der Waals surface area (Å²) in [7, 11) is 0. The summed E-state index contributed by atoms with van der Waals surface area (Å²) in [6.07, 6.45) is 5.43. The Morgan fingerprint density at radius 3 is 2.13 bits per heavy atom. The van der Waals surface area contributed by atoms with Crippen LogP contribution in [-0.4, -0.2) is 0 Å². The van der Waals surface area contributed by atoms with Crippen LogP contribution < -0.4 is 4.90 Å². The lowest BCUT2D eigenvalue weighted by Gasteiger charge is -2.37. The van der Waals surface area contributed by atoms with Gasteiger partial charge in [0.1, 0.15) is 0 Å². The highest BCUT2D eigenvalue weighted by atomic mass is 32.1. The number of rotatable bonds is 4. The first-order valence-corrected chi connectivity index (χ1v) is 17.2. The topological polar surface area (TPSA) is 3.24 Å². The van der Waals surface area contributed by atoms with Gasteiger partial charge in [-0.3, -0.25) is 0 Å². The standard InChI is InChI=1S/C43H33NS/c1-2-10-29(11-3-1)30-21-24-32(25-22-30)44(38-17-9-19-40-42(38)34-13-5-7-18-39(34)45-40)37-16-8-15-36-41(37)33-12-4-6-14-35(33)43(36)27-28-20-23-31(43)26-28/h1-19,21-22,24-25,28,31H,20,23,26-27H2. The lowest BCUT2D eigenvalue weighted by Crippen LogP contribution is -2.31. The van der Waals surface area contributed by atoms with Crippen LogP contribution in [-0.2, 0) is 5.41 Å². The molecule has 3 unspecified atom stereocenters. The molecule has 0 saturated heterocycles. The maximum absolute atomic E-state index is 2.57. The number of thiophene rings is 1. The largest absolute Gasteiger partial charge is 0.309 e. The van der Waals surface area contributed by atoms with E-state index in [9.17, 15) is 0 Å². The third kappa shape index (κ3) is 3.61. The number of benzene rings is 6. The quantitative estimate of drug-likeness (QED) is 0.196. The zero-order chi connectivity index (χ0) is 29.5. The first-order valence-electron chi connectivity index (χ1n) is 16.4. The van der Waals surface area contributed by atoms with Gasteiger partial charge in [0, 0.05) is 36.8 Å². The second kappa shape index (κ2) is 9.67. The molecule has 45 heavy (non-hydrogen) atoms. The van der Waals surface area contributed by atoms with Crippen LogP contribution in [0.4, 0.5) is 17.1 Å². The van der Waals surface area contributed by atoms with Gasteiger partial charge in [-0.15, -0.1) is 11.3 Å². The van der Waals surface area contributed by atoms with Gasteiger partial charge in [-0.05, 0) is 95.3 Å². The Labute approximate surface area is 268 Å². The summed E-state index contributed by atoms with van der Waals surface area (Å²) < 4.78 is 2.67. The van der Waals surface area contributed by atoms with Gasteiger partial charge in [-0.2, -0.15) is 0 Å². The number of nitrogens with zero attached hydrogens (tertiary/aromatic N) is 1. The van der Waals surface area contributed by atoms with Crippen molar-refractivity contribution in [1.82, 2.24) is 0 Å². The SMILES string of the molecule is c1ccc(-c2ccc(N(c3cccc4c3-c3ccccc3C43CC4CCC3C4)c3cccc4sc5ccccc5c34)cc2)cc1. The van der Waals surface area contributed by atoms with Crippen LogP contribution in [0.15, 0.2) is 140 Å². The van der Waals surface area contributed by atoms with E-state index in [2.05, 4.69) is 144 Å². The molecule has 1 heterocycles. The molecule has 0 aliphatic heterocycles. The normalized spacial score (nSPS) is 21.1. The average Bonchev–Trinajstić information content (AvgIpc) is 3.88. The van der Waals surface area contributed by atoms with Crippen molar-refractivity contribution < 1.29 is 0 Å². The van der Waals surface area contributed by atoms with Crippen LogP contribution >= 0.6 is 11.3 Å². The van der Waals surface area contributed by atoms with E-state index < -0.39 is 0 Å². The van der Waals surface area contributed by atoms with Gasteiger partial charge >= 0.3 is 0 Å². The maximum Gasteiger partial charge on any atom is 0.0555 e. The molecule has 2 fully saturated rings. The van der Waals surface area contributed by atoms with E-state index >= 15 is 0 Å². The minimum Gasteiger partial charge on any atom is -0.309 e. The maximum atomic E-state index is 2.57. The predicted octanol–water partition coefficient (Wildman–Crippen LogP) is 12.3. The molecular weight excluding hydrogens is 563 g/mol. The second-order valence-electron chi connectivity index (χ2n) is 13.3. The van der Waals surface area contributed by atoms with Gasteiger partial charge in [0.25, 0.3) is 0 Å². The summed E-state index contributed by atoms with van der Waals surface area (Å²) >= 11 is 1.89. The molecule has 216 valence electrons. The number of hydrogen-bond acceptors (Lipinski definition) is 2. The highest BCUT2D eigenvalue weighted by Crippen LogP contribution is 2.67. The molecule has 10 rings (SSSR count). The Hall–Kier alpha value is -4.66. The van der Waals surface area contributed by atoms with Crippen molar-refractivity contribution in [3.63, 3.8) is 0 Å². The molecule has 3 atom stereocenters.